The van der Waals surface area contributed by atoms with Crippen molar-refractivity contribution in [2.24, 2.45) is 17.3 Å². The van der Waals surface area contributed by atoms with Crippen LogP contribution in [0.2, 0.25) is 0 Å². The highest BCUT2D eigenvalue weighted by molar-refractivity contribution is 8.03. The highest BCUT2D eigenvalue weighted by Crippen LogP contribution is 2.61. The number of benzene rings is 1. The summed E-state index contributed by atoms with van der Waals surface area (Å²) < 4.78 is 0. The summed E-state index contributed by atoms with van der Waals surface area (Å²) in [6.07, 6.45) is 18.5. The van der Waals surface area contributed by atoms with E-state index in [0.717, 1.165) is 6.42 Å². The molecule has 1 fully saturated rings. The van der Waals surface area contributed by atoms with Crippen LogP contribution in [0.25, 0.3) is 0 Å². The van der Waals surface area contributed by atoms with Crippen LogP contribution in [0, 0.1) is 31.1 Å². The highest BCUT2D eigenvalue weighted by Gasteiger charge is 2.61. The molecule has 5 rings (SSSR count). The molecule has 1 saturated heterocycles. The number of rotatable bonds is 4. The van der Waals surface area contributed by atoms with Crippen LogP contribution < -0.4 is 5.32 Å². The lowest BCUT2D eigenvalue weighted by Gasteiger charge is -2.64. The summed E-state index contributed by atoms with van der Waals surface area (Å²) >= 11 is 2.08. The molecule has 0 amide bonds. The fraction of sp³-hybridized carbons (Fsp3) is 0.517. The molecule has 2 heterocycles. The molecule has 5 unspecified atom stereocenters. The van der Waals surface area contributed by atoms with Gasteiger partial charge in [-0.3, -0.25) is 0 Å². The lowest BCUT2D eigenvalue weighted by Crippen LogP contribution is -2.68. The maximum atomic E-state index is 4.12. The summed E-state index contributed by atoms with van der Waals surface area (Å²) in [5.41, 5.74) is 7.70. The molecule has 4 aliphatic rings. The molecule has 164 valence electrons. The van der Waals surface area contributed by atoms with Crippen LogP contribution in [0.1, 0.15) is 74.8 Å². The molecule has 0 saturated carbocycles. The van der Waals surface area contributed by atoms with Crippen molar-refractivity contribution in [3.8, 4) is 0 Å². The van der Waals surface area contributed by atoms with E-state index in [9.17, 15) is 0 Å². The van der Waals surface area contributed by atoms with Crippen molar-refractivity contribution < 1.29 is 0 Å². The Kier molecular flexibility index (Phi) is 5.28. The molecular formula is C29H37NS. The van der Waals surface area contributed by atoms with E-state index in [2.05, 4.69) is 100 Å². The van der Waals surface area contributed by atoms with Gasteiger partial charge in [0.25, 0.3) is 0 Å². The van der Waals surface area contributed by atoms with Crippen molar-refractivity contribution in [3.05, 3.63) is 81.4 Å². The lowest BCUT2D eigenvalue weighted by atomic mass is 9.47. The van der Waals surface area contributed by atoms with Crippen molar-refractivity contribution in [3.63, 3.8) is 0 Å². The number of nitrogens with one attached hydrogen (secondary N) is 1. The first-order valence-corrected chi connectivity index (χ1v) is 13.1. The van der Waals surface area contributed by atoms with Gasteiger partial charge >= 0.3 is 0 Å². The minimum Gasteiger partial charge on any atom is -0.378 e. The van der Waals surface area contributed by atoms with Gasteiger partial charge in [0.15, 0.2) is 0 Å². The van der Waals surface area contributed by atoms with Crippen molar-refractivity contribution in [2.75, 3.05) is 0 Å². The van der Waals surface area contributed by atoms with Crippen molar-refractivity contribution in [1.29, 1.82) is 0 Å². The number of hydrogen-bond acceptors (Lipinski definition) is 2. The second-order valence-corrected chi connectivity index (χ2v) is 11.5. The van der Waals surface area contributed by atoms with E-state index in [1.807, 2.05) is 0 Å². The molecule has 2 aliphatic carbocycles. The molecule has 2 heteroatoms. The van der Waals surface area contributed by atoms with Crippen LogP contribution in [-0.4, -0.2) is 5.54 Å². The Morgan fingerprint density at radius 3 is 2.48 bits per heavy atom. The maximum Gasteiger partial charge on any atom is 0.0647 e. The maximum absolute atomic E-state index is 4.12. The van der Waals surface area contributed by atoms with Gasteiger partial charge < -0.3 is 5.32 Å². The number of allylic oxidation sites excluding steroid dienone is 5. The van der Waals surface area contributed by atoms with Crippen LogP contribution in [0.3, 0.4) is 0 Å². The number of thioether (sulfide) groups is 1. The smallest absolute Gasteiger partial charge is 0.0647 e. The fourth-order valence-electron chi connectivity index (χ4n) is 6.83. The monoisotopic (exact) mass is 431 g/mol. The van der Waals surface area contributed by atoms with Gasteiger partial charge in [-0.2, -0.15) is 0 Å². The van der Waals surface area contributed by atoms with Gasteiger partial charge in [-0.05, 0) is 70.4 Å². The van der Waals surface area contributed by atoms with Gasteiger partial charge in [0.1, 0.15) is 0 Å². The highest BCUT2D eigenvalue weighted by atomic mass is 32.2. The van der Waals surface area contributed by atoms with Crippen LogP contribution in [0.5, 0.6) is 0 Å². The van der Waals surface area contributed by atoms with Gasteiger partial charge in [0.05, 0.1) is 5.54 Å². The summed E-state index contributed by atoms with van der Waals surface area (Å²) in [5, 5.41) is 4.67. The zero-order valence-corrected chi connectivity index (χ0v) is 20.6. The van der Waals surface area contributed by atoms with E-state index in [-0.39, 0.29) is 11.0 Å². The molecular weight excluding hydrogens is 394 g/mol. The molecule has 0 bridgehead atoms. The first-order valence-electron chi connectivity index (χ1n) is 12.2. The Balaban J connectivity index is 1.47. The van der Waals surface area contributed by atoms with Crippen molar-refractivity contribution in [1.82, 2.24) is 5.32 Å². The average molecular weight is 432 g/mol. The molecule has 2 aliphatic heterocycles. The zero-order valence-electron chi connectivity index (χ0n) is 19.8. The zero-order chi connectivity index (χ0) is 21.8. The number of fused-ring (bicyclic) bond motifs is 3. The summed E-state index contributed by atoms with van der Waals surface area (Å²) in [6.45, 7) is 11.5. The van der Waals surface area contributed by atoms with Gasteiger partial charge in [-0.15, -0.1) is 11.8 Å². The Bertz CT molecular complexity index is 991. The second-order valence-electron chi connectivity index (χ2n) is 10.3. The molecule has 0 aromatic heterocycles. The van der Waals surface area contributed by atoms with E-state index in [4.69, 9.17) is 0 Å². The largest absolute Gasteiger partial charge is 0.378 e. The van der Waals surface area contributed by atoms with Crippen LogP contribution in [0.4, 0.5) is 0 Å². The third-order valence-corrected chi connectivity index (χ3v) is 9.95. The van der Waals surface area contributed by atoms with Gasteiger partial charge in [0, 0.05) is 27.2 Å². The van der Waals surface area contributed by atoms with Crippen molar-refractivity contribution in [2.45, 2.75) is 77.5 Å². The predicted molar refractivity (Wildman–Crippen MR) is 135 cm³/mol. The quantitative estimate of drug-likeness (QED) is 0.486. The van der Waals surface area contributed by atoms with E-state index in [1.54, 1.807) is 5.57 Å². The second kappa shape index (κ2) is 7.73. The van der Waals surface area contributed by atoms with Crippen molar-refractivity contribution >= 4 is 11.8 Å². The number of piperidine rings is 1. The predicted octanol–water partition coefficient (Wildman–Crippen LogP) is 7.94. The molecule has 5 atom stereocenters. The molecule has 1 aromatic rings. The average Bonchev–Trinajstić information content (AvgIpc) is 3.10. The Morgan fingerprint density at radius 2 is 1.84 bits per heavy atom. The molecule has 1 aromatic carbocycles. The van der Waals surface area contributed by atoms with Gasteiger partial charge in [-0.1, -0.05) is 73.1 Å². The Hall–Kier alpha value is -1.67. The van der Waals surface area contributed by atoms with Crippen LogP contribution >= 0.6 is 11.8 Å². The van der Waals surface area contributed by atoms with Gasteiger partial charge in [0.2, 0.25) is 0 Å². The number of hydrogen-bond donors (Lipinski definition) is 1. The van der Waals surface area contributed by atoms with Crippen LogP contribution in [0.15, 0.2) is 64.8 Å². The molecule has 0 spiro atoms. The molecule has 1 nitrogen and oxygen atoms in total. The number of aryl methyl sites for hydroxylation is 2. The first-order chi connectivity index (χ1) is 14.9. The standard InChI is InChI=1S/C29H37NS/c1-6-28-12-13-29(28,7-2)30-25(23-10-8-9-11-24(23)28)18-26-21(5)17-27(31-26)22-15-19(3)14-20(4)16-22/h9,11-16,18,23-24,27,30H,6-8,10,17H2,1-5H3/b25-18-. The van der Waals surface area contributed by atoms with E-state index >= 15 is 0 Å². The Labute approximate surface area is 193 Å². The third kappa shape index (κ3) is 3.20. The van der Waals surface area contributed by atoms with Crippen LogP contribution in [-0.2, 0) is 0 Å². The van der Waals surface area contributed by atoms with Gasteiger partial charge in [-0.25, -0.2) is 0 Å². The summed E-state index contributed by atoms with van der Waals surface area (Å²) in [5.74, 6) is 1.25. The van der Waals surface area contributed by atoms with E-state index in [1.165, 1.54) is 53.0 Å². The lowest BCUT2D eigenvalue weighted by molar-refractivity contribution is 0.0246. The topological polar surface area (TPSA) is 12.0 Å². The summed E-state index contributed by atoms with van der Waals surface area (Å²) in [4.78, 5) is 1.50. The minimum atomic E-state index is 0.126. The summed E-state index contributed by atoms with van der Waals surface area (Å²) in [6, 6.07) is 7.05. The fourth-order valence-corrected chi connectivity index (χ4v) is 8.22. The Morgan fingerprint density at radius 1 is 1.06 bits per heavy atom. The van der Waals surface area contributed by atoms with E-state index < -0.39 is 0 Å². The SMILES string of the molecule is CCC12C=CC1(CC)C1C=CCCC1/C(=C/C1=C(C)CC(c3cc(C)cc(C)c3)S1)N2. The normalized spacial score (nSPS) is 37.5. The summed E-state index contributed by atoms with van der Waals surface area (Å²) in [7, 11) is 0. The molecule has 31 heavy (non-hydrogen) atoms. The first kappa shape index (κ1) is 21.2. The van der Waals surface area contributed by atoms with E-state index in [0.29, 0.717) is 17.1 Å². The molecule has 1 N–H and O–H groups in total. The third-order valence-electron chi connectivity index (χ3n) is 8.51. The minimum absolute atomic E-state index is 0.126. The molecule has 0 radical (unpaired) electrons.